The Balaban J connectivity index is 1.30. The van der Waals surface area contributed by atoms with Crippen LogP contribution >= 0.6 is 0 Å². The molecule has 0 aliphatic carbocycles. The predicted octanol–water partition coefficient (Wildman–Crippen LogP) is 9.03. The third kappa shape index (κ3) is 5.07. The second-order valence-corrected chi connectivity index (χ2v) is 12.7. The molecule has 0 fully saturated rings. The molecule has 4 aliphatic rings. The second kappa shape index (κ2) is 12.1. The summed E-state index contributed by atoms with van der Waals surface area (Å²) >= 11 is 0. The van der Waals surface area contributed by atoms with E-state index in [4.69, 9.17) is 9.98 Å². The minimum atomic E-state index is 0.0305. The molecule has 0 spiro atoms. The van der Waals surface area contributed by atoms with E-state index in [1.165, 1.54) is 11.1 Å². The quantitative estimate of drug-likeness (QED) is 0.194. The van der Waals surface area contributed by atoms with Crippen LogP contribution in [0.1, 0.15) is 45.5 Å². The molecule has 48 heavy (non-hydrogen) atoms. The molecule has 230 valence electrons. The van der Waals surface area contributed by atoms with Crippen LogP contribution < -0.4 is 5.32 Å². The first-order chi connectivity index (χ1) is 23.8. The molecule has 2 N–H and O–H groups in total. The summed E-state index contributed by atoms with van der Waals surface area (Å²) in [7, 11) is 0. The van der Waals surface area contributed by atoms with Gasteiger partial charge in [0.25, 0.3) is 0 Å². The molecular formula is C44H34N4. The number of nitrogens with zero attached hydrogens (tertiary/aromatic N) is 2. The van der Waals surface area contributed by atoms with Crippen molar-refractivity contribution in [3.05, 3.63) is 215 Å². The van der Waals surface area contributed by atoms with Gasteiger partial charge in [-0.2, -0.15) is 0 Å². The smallest absolute Gasteiger partial charge is 0.0738 e. The number of nitrogens with one attached hydrogen (secondary N) is 2. The van der Waals surface area contributed by atoms with Crippen LogP contribution in [0.3, 0.4) is 0 Å². The average molecular weight is 619 g/mol. The zero-order chi connectivity index (χ0) is 31.9. The molecule has 0 radical (unpaired) electrons. The molecule has 5 aromatic rings. The lowest BCUT2D eigenvalue weighted by molar-refractivity contribution is 0.506. The van der Waals surface area contributed by atoms with Crippen LogP contribution in [-0.4, -0.2) is 28.5 Å². The summed E-state index contributed by atoms with van der Waals surface area (Å²) in [6.45, 7) is 0. The fourth-order valence-electron chi connectivity index (χ4n) is 7.60. The number of hydrogen-bond donors (Lipinski definition) is 2. The molecular weight excluding hydrogens is 585 g/mol. The highest BCUT2D eigenvalue weighted by Gasteiger charge is 2.36. The molecule has 0 amide bonds. The van der Waals surface area contributed by atoms with Crippen molar-refractivity contribution < 1.29 is 0 Å². The van der Waals surface area contributed by atoms with Gasteiger partial charge in [-0.05, 0) is 58.7 Å². The number of aromatic amines is 1. The summed E-state index contributed by atoms with van der Waals surface area (Å²) in [6, 6.07) is 47.3. The van der Waals surface area contributed by atoms with E-state index in [2.05, 4.69) is 180 Å². The van der Waals surface area contributed by atoms with E-state index in [1.54, 1.807) is 0 Å². The topological polar surface area (TPSA) is 52.5 Å². The largest absolute Gasteiger partial charge is 0.358 e. The average Bonchev–Trinajstić information content (AvgIpc) is 3.98. The van der Waals surface area contributed by atoms with Gasteiger partial charge in [0, 0.05) is 46.5 Å². The van der Waals surface area contributed by atoms with Crippen LogP contribution in [0.4, 0.5) is 0 Å². The zero-order valence-corrected chi connectivity index (χ0v) is 26.4. The number of hydrogen-bond acceptors (Lipinski definition) is 3. The van der Waals surface area contributed by atoms with E-state index in [-0.39, 0.29) is 23.9 Å². The van der Waals surface area contributed by atoms with Gasteiger partial charge in [0.05, 0.1) is 22.8 Å². The molecule has 4 unspecified atom stereocenters. The van der Waals surface area contributed by atoms with Crippen molar-refractivity contribution in [3.63, 3.8) is 0 Å². The SMILES string of the molecule is C1=CC2=C(c3ccccc3)c3ccc([nH]3)C(c3ccccc3)C3C=CC(N3)C(c3ccccc3)C3=NC(=C(c4ccccc4)C1=N2)C=C3. The number of allylic oxidation sites excluding steroid dienone is 5. The van der Waals surface area contributed by atoms with Crippen molar-refractivity contribution in [3.8, 4) is 0 Å². The molecule has 4 aliphatic heterocycles. The van der Waals surface area contributed by atoms with E-state index in [0.717, 1.165) is 56.5 Å². The summed E-state index contributed by atoms with van der Waals surface area (Å²) in [5.41, 5.74) is 12.8. The van der Waals surface area contributed by atoms with Crippen LogP contribution in [0.2, 0.25) is 0 Å². The van der Waals surface area contributed by atoms with Crippen molar-refractivity contribution in [2.75, 3.05) is 0 Å². The Bertz CT molecular complexity index is 2200. The number of benzene rings is 4. The van der Waals surface area contributed by atoms with Crippen molar-refractivity contribution in [2.45, 2.75) is 23.9 Å². The number of aromatic nitrogens is 1. The third-order valence-corrected chi connectivity index (χ3v) is 9.77. The lowest BCUT2D eigenvalue weighted by Crippen LogP contribution is -2.40. The maximum Gasteiger partial charge on any atom is 0.0738 e. The first-order valence-corrected chi connectivity index (χ1v) is 16.7. The van der Waals surface area contributed by atoms with E-state index < -0.39 is 0 Å². The van der Waals surface area contributed by atoms with E-state index in [0.29, 0.717) is 0 Å². The Morgan fingerprint density at radius 2 is 1.00 bits per heavy atom. The van der Waals surface area contributed by atoms with Crippen LogP contribution in [0.15, 0.2) is 191 Å². The summed E-state index contributed by atoms with van der Waals surface area (Å²) in [5, 5.41) is 4.06. The molecule has 0 saturated carbocycles. The molecule has 9 rings (SSSR count). The van der Waals surface area contributed by atoms with Gasteiger partial charge >= 0.3 is 0 Å². The fourth-order valence-corrected chi connectivity index (χ4v) is 7.60. The highest BCUT2D eigenvalue weighted by Crippen LogP contribution is 2.39. The minimum Gasteiger partial charge on any atom is -0.358 e. The van der Waals surface area contributed by atoms with Gasteiger partial charge in [-0.1, -0.05) is 133 Å². The Hall–Kier alpha value is -5.84. The highest BCUT2D eigenvalue weighted by atomic mass is 15.0. The Morgan fingerprint density at radius 1 is 0.458 bits per heavy atom. The predicted molar refractivity (Wildman–Crippen MR) is 197 cm³/mol. The highest BCUT2D eigenvalue weighted by molar-refractivity contribution is 6.32. The summed E-state index contributed by atoms with van der Waals surface area (Å²) in [5.74, 6) is 0.106. The maximum absolute atomic E-state index is 5.41. The van der Waals surface area contributed by atoms with Gasteiger partial charge < -0.3 is 10.3 Å². The molecule has 0 saturated heterocycles. The van der Waals surface area contributed by atoms with Gasteiger partial charge in [-0.3, -0.25) is 4.99 Å². The van der Waals surface area contributed by atoms with E-state index in [9.17, 15) is 0 Å². The van der Waals surface area contributed by atoms with Gasteiger partial charge in [0.15, 0.2) is 0 Å². The van der Waals surface area contributed by atoms with Gasteiger partial charge in [0.2, 0.25) is 0 Å². The van der Waals surface area contributed by atoms with Crippen LogP contribution in [0, 0.1) is 0 Å². The molecule has 5 heterocycles. The Kier molecular flexibility index (Phi) is 7.14. The lowest BCUT2D eigenvalue weighted by atomic mass is 9.87. The first kappa shape index (κ1) is 28.4. The maximum atomic E-state index is 5.41. The molecule has 1 aromatic heterocycles. The third-order valence-electron chi connectivity index (χ3n) is 9.77. The summed E-state index contributed by atoms with van der Waals surface area (Å²) < 4.78 is 0. The van der Waals surface area contributed by atoms with Crippen LogP contribution in [0.25, 0.3) is 11.1 Å². The van der Waals surface area contributed by atoms with Crippen molar-refractivity contribution >= 4 is 22.6 Å². The fraction of sp³-hybridized carbons (Fsp3) is 0.0909. The van der Waals surface area contributed by atoms with Gasteiger partial charge in [0.1, 0.15) is 0 Å². The monoisotopic (exact) mass is 618 g/mol. The molecule has 4 nitrogen and oxygen atoms in total. The van der Waals surface area contributed by atoms with Gasteiger partial charge in [-0.15, -0.1) is 0 Å². The van der Waals surface area contributed by atoms with Gasteiger partial charge in [-0.25, -0.2) is 4.99 Å². The number of H-pyrrole nitrogens is 1. The molecule has 4 atom stereocenters. The first-order valence-electron chi connectivity index (χ1n) is 16.7. The Labute approximate surface area is 281 Å². The van der Waals surface area contributed by atoms with Crippen molar-refractivity contribution in [2.24, 2.45) is 9.98 Å². The van der Waals surface area contributed by atoms with Crippen LogP contribution in [0.5, 0.6) is 0 Å². The lowest BCUT2D eigenvalue weighted by Gasteiger charge is -2.28. The van der Waals surface area contributed by atoms with E-state index >= 15 is 0 Å². The molecule has 4 aromatic carbocycles. The van der Waals surface area contributed by atoms with Crippen LogP contribution in [-0.2, 0) is 0 Å². The van der Waals surface area contributed by atoms with Crippen molar-refractivity contribution in [1.29, 1.82) is 0 Å². The summed E-state index contributed by atoms with van der Waals surface area (Å²) in [6.07, 6.45) is 13.4. The normalized spacial score (nSPS) is 22.8. The second-order valence-electron chi connectivity index (χ2n) is 12.7. The standard InChI is InChI=1S/C44H34N4/c1-5-13-29(14-6-1)41-33-21-23-35(45-33)42(30-15-7-2-8-16-30)37-25-27-39(47-37)44(32-19-11-4-12-20-32)40-28-26-38(48-40)43(31-17-9-3-10-18-31)36-24-22-34(41)46-36/h1-28,33,35,41-42,45-46H. The number of rotatable bonds is 4. The molecule has 8 bridgehead atoms. The number of aliphatic imine (C=N–C) groups is 2. The summed E-state index contributed by atoms with van der Waals surface area (Å²) in [4.78, 5) is 14.7. The van der Waals surface area contributed by atoms with Crippen molar-refractivity contribution in [1.82, 2.24) is 10.3 Å². The Morgan fingerprint density at radius 3 is 1.67 bits per heavy atom. The molecule has 4 heteroatoms. The van der Waals surface area contributed by atoms with E-state index in [1.807, 2.05) is 0 Å². The minimum absolute atomic E-state index is 0.0305. The number of fused-ring (bicyclic) bond motifs is 6. The zero-order valence-electron chi connectivity index (χ0n) is 26.4.